The molecule has 0 saturated carbocycles. The highest BCUT2D eigenvalue weighted by molar-refractivity contribution is 14.0. The average molecular weight is 428 g/mol. The van der Waals surface area contributed by atoms with Crippen LogP contribution in [-0.2, 0) is 6.54 Å². The number of aromatic amines is 1. The summed E-state index contributed by atoms with van der Waals surface area (Å²) in [4.78, 5) is 8.82. The lowest BCUT2D eigenvalue weighted by atomic mass is 10.1. The van der Waals surface area contributed by atoms with E-state index in [1.807, 2.05) is 12.1 Å². The van der Waals surface area contributed by atoms with E-state index in [0.717, 1.165) is 35.9 Å². The van der Waals surface area contributed by atoms with Crippen LogP contribution in [0.2, 0.25) is 0 Å². The van der Waals surface area contributed by atoms with Gasteiger partial charge in [-0.25, -0.2) is 9.98 Å². The smallest absolute Gasteiger partial charge is 0.191 e. The van der Waals surface area contributed by atoms with Crippen LogP contribution in [0.1, 0.15) is 32.8 Å². The number of nitrogens with zero attached hydrogens (tertiary/aromatic N) is 3. The number of aromatic nitrogens is 3. The van der Waals surface area contributed by atoms with Gasteiger partial charge in [-0.3, -0.25) is 5.10 Å². The molecule has 1 atom stereocenters. The van der Waals surface area contributed by atoms with Gasteiger partial charge < -0.3 is 10.6 Å². The topological polar surface area (TPSA) is 78.0 Å². The van der Waals surface area contributed by atoms with Crippen LogP contribution >= 0.6 is 24.0 Å². The van der Waals surface area contributed by atoms with Gasteiger partial charge in [-0.15, -0.1) is 24.0 Å². The van der Waals surface area contributed by atoms with Crippen LogP contribution in [0.5, 0.6) is 0 Å². The second-order valence-electron chi connectivity index (χ2n) is 5.18. The molecular weight excluding hydrogens is 403 g/mol. The summed E-state index contributed by atoms with van der Waals surface area (Å²) >= 11 is 0. The first-order chi connectivity index (χ1) is 10.7. The highest BCUT2D eigenvalue weighted by atomic mass is 127. The van der Waals surface area contributed by atoms with Gasteiger partial charge in [-0.1, -0.05) is 25.1 Å². The molecule has 2 rings (SSSR count). The standard InChI is InChI=1S/C16H24N6.HI/c1-4-12(3)21-16(17-5-2)18-10-13-7-6-8-14(9-13)15-19-11-20-22-15;/h6-9,11-12H,4-5,10H2,1-3H3,(H2,17,18,21)(H,19,20,22);1H. The summed E-state index contributed by atoms with van der Waals surface area (Å²) in [5.41, 5.74) is 2.15. The van der Waals surface area contributed by atoms with Crippen molar-refractivity contribution < 1.29 is 0 Å². The second kappa shape index (κ2) is 10.2. The van der Waals surface area contributed by atoms with Crippen LogP contribution in [0, 0.1) is 0 Å². The number of H-pyrrole nitrogens is 1. The van der Waals surface area contributed by atoms with Gasteiger partial charge in [0, 0.05) is 18.2 Å². The van der Waals surface area contributed by atoms with E-state index in [1.165, 1.54) is 6.33 Å². The van der Waals surface area contributed by atoms with Crippen LogP contribution in [-0.4, -0.2) is 33.7 Å². The molecule has 1 aromatic carbocycles. The fourth-order valence-corrected chi connectivity index (χ4v) is 1.99. The predicted molar refractivity (Wildman–Crippen MR) is 105 cm³/mol. The zero-order valence-electron chi connectivity index (χ0n) is 13.8. The van der Waals surface area contributed by atoms with Gasteiger partial charge in [0.2, 0.25) is 0 Å². The van der Waals surface area contributed by atoms with E-state index in [-0.39, 0.29) is 24.0 Å². The summed E-state index contributed by atoms with van der Waals surface area (Å²) < 4.78 is 0. The fourth-order valence-electron chi connectivity index (χ4n) is 1.99. The molecule has 0 aliphatic carbocycles. The van der Waals surface area contributed by atoms with Gasteiger partial charge in [0.1, 0.15) is 6.33 Å². The molecule has 0 bridgehead atoms. The Hall–Kier alpha value is -1.64. The molecule has 0 radical (unpaired) electrons. The summed E-state index contributed by atoms with van der Waals surface area (Å²) in [6.07, 6.45) is 2.57. The predicted octanol–water partition coefficient (Wildman–Crippen LogP) is 2.94. The van der Waals surface area contributed by atoms with Crippen molar-refractivity contribution in [3.8, 4) is 11.4 Å². The molecule has 2 aromatic rings. The number of guanidine groups is 1. The molecule has 23 heavy (non-hydrogen) atoms. The molecule has 7 heteroatoms. The minimum Gasteiger partial charge on any atom is -0.357 e. The van der Waals surface area contributed by atoms with E-state index < -0.39 is 0 Å². The Bertz CT molecular complexity index is 596. The SMILES string of the molecule is CCNC(=NCc1cccc(-c2ncn[nH]2)c1)NC(C)CC.I. The van der Waals surface area contributed by atoms with Gasteiger partial charge in [-0.2, -0.15) is 5.10 Å². The highest BCUT2D eigenvalue weighted by Gasteiger charge is 2.04. The molecule has 0 aliphatic heterocycles. The Balaban J connectivity index is 0.00000264. The number of rotatable bonds is 6. The molecule has 1 unspecified atom stereocenters. The lowest BCUT2D eigenvalue weighted by Gasteiger charge is -2.16. The second-order valence-corrected chi connectivity index (χ2v) is 5.18. The van der Waals surface area contributed by atoms with Crippen LogP contribution < -0.4 is 10.6 Å². The molecule has 126 valence electrons. The number of hydrogen-bond donors (Lipinski definition) is 3. The van der Waals surface area contributed by atoms with E-state index in [9.17, 15) is 0 Å². The molecule has 3 N–H and O–H groups in total. The van der Waals surface area contributed by atoms with E-state index in [2.05, 4.69) is 63.7 Å². The maximum Gasteiger partial charge on any atom is 0.191 e. The minimum absolute atomic E-state index is 0. The molecule has 0 aliphatic rings. The summed E-state index contributed by atoms with van der Waals surface area (Å²) in [6, 6.07) is 8.57. The van der Waals surface area contributed by atoms with E-state index in [0.29, 0.717) is 12.6 Å². The van der Waals surface area contributed by atoms with Crippen molar-refractivity contribution >= 4 is 29.9 Å². The van der Waals surface area contributed by atoms with Crippen LogP contribution in [0.15, 0.2) is 35.6 Å². The third-order valence-corrected chi connectivity index (χ3v) is 3.37. The maximum absolute atomic E-state index is 4.64. The summed E-state index contributed by atoms with van der Waals surface area (Å²) in [5, 5.41) is 13.4. The number of nitrogens with one attached hydrogen (secondary N) is 3. The van der Waals surface area contributed by atoms with Gasteiger partial charge in [0.25, 0.3) is 0 Å². The number of halogens is 1. The first kappa shape index (κ1) is 19.4. The van der Waals surface area contributed by atoms with Crippen LogP contribution in [0.4, 0.5) is 0 Å². The lowest BCUT2D eigenvalue weighted by molar-refractivity contribution is 0.624. The van der Waals surface area contributed by atoms with Crippen molar-refractivity contribution in [1.82, 2.24) is 25.8 Å². The zero-order chi connectivity index (χ0) is 15.8. The Kier molecular flexibility index (Phi) is 8.60. The van der Waals surface area contributed by atoms with E-state index in [4.69, 9.17) is 0 Å². The molecule has 0 fully saturated rings. The first-order valence-corrected chi connectivity index (χ1v) is 7.72. The van der Waals surface area contributed by atoms with Gasteiger partial charge in [0.15, 0.2) is 11.8 Å². The third kappa shape index (κ3) is 6.17. The summed E-state index contributed by atoms with van der Waals surface area (Å²) in [6.45, 7) is 7.84. The molecule has 6 nitrogen and oxygen atoms in total. The van der Waals surface area contributed by atoms with Crippen molar-refractivity contribution in [3.05, 3.63) is 36.2 Å². The van der Waals surface area contributed by atoms with E-state index >= 15 is 0 Å². The van der Waals surface area contributed by atoms with Crippen molar-refractivity contribution in [2.45, 2.75) is 39.8 Å². The lowest BCUT2D eigenvalue weighted by Crippen LogP contribution is -2.41. The molecule has 0 saturated heterocycles. The Morgan fingerprint density at radius 1 is 1.35 bits per heavy atom. The van der Waals surface area contributed by atoms with Crippen LogP contribution in [0.3, 0.4) is 0 Å². The quantitative estimate of drug-likeness (QED) is 0.376. The molecule has 0 spiro atoms. The molecular formula is C16H25IN6. The van der Waals surface area contributed by atoms with Gasteiger partial charge >= 0.3 is 0 Å². The molecule has 0 amide bonds. The van der Waals surface area contributed by atoms with Gasteiger partial charge in [0.05, 0.1) is 6.54 Å². The number of aliphatic imine (C=N–C) groups is 1. The summed E-state index contributed by atoms with van der Waals surface area (Å²) in [5.74, 6) is 1.62. The van der Waals surface area contributed by atoms with Crippen LogP contribution in [0.25, 0.3) is 11.4 Å². The number of hydrogen-bond acceptors (Lipinski definition) is 3. The van der Waals surface area contributed by atoms with Crippen molar-refractivity contribution in [1.29, 1.82) is 0 Å². The molecule has 1 heterocycles. The fraction of sp³-hybridized carbons (Fsp3) is 0.438. The zero-order valence-corrected chi connectivity index (χ0v) is 16.2. The molecule has 1 aromatic heterocycles. The largest absolute Gasteiger partial charge is 0.357 e. The normalized spacial score (nSPS) is 12.4. The maximum atomic E-state index is 4.64. The highest BCUT2D eigenvalue weighted by Crippen LogP contribution is 2.15. The van der Waals surface area contributed by atoms with Crippen molar-refractivity contribution in [3.63, 3.8) is 0 Å². The third-order valence-electron chi connectivity index (χ3n) is 3.37. The minimum atomic E-state index is 0. The van der Waals surface area contributed by atoms with Crippen molar-refractivity contribution in [2.24, 2.45) is 4.99 Å². The summed E-state index contributed by atoms with van der Waals surface area (Å²) in [7, 11) is 0. The van der Waals surface area contributed by atoms with Gasteiger partial charge in [-0.05, 0) is 31.9 Å². The Morgan fingerprint density at radius 3 is 2.83 bits per heavy atom. The Labute approximate surface area is 154 Å². The first-order valence-electron chi connectivity index (χ1n) is 7.72. The number of benzene rings is 1. The van der Waals surface area contributed by atoms with Crippen molar-refractivity contribution in [2.75, 3.05) is 6.54 Å². The average Bonchev–Trinajstić information content (AvgIpc) is 3.07. The monoisotopic (exact) mass is 428 g/mol. The van der Waals surface area contributed by atoms with E-state index in [1.54, 1.807) is 0 Å². The Morgan fingerprint density at radius 2 is 2.17 bits per heavy atom.